The van der Waals surface area contributed by atoms with Crippen LogP contribution < -0.4 is 0 Å². The van der Waals surface area contributed by atoms with Crippen LogP contribution in [0.1, 0.15) is 6.42 Å². The van der Waals surface area contributed by atoms with Gasteiger partial charge in [-0.3, -0.25) is 5.41 Å². The molecule has 5 heteroatoms. The first-order valence-corrected chi connectivity index (χ1v) is 5.25. The highest BCUT2D eigenvalue weighted by atomic mass is 79.9. The van der Waals surface area contributed by atoms with E-state index in [0.29, 0.717) is 29.0 Å². The molecule has 0 unspecified atom stereocenters. The summed E-state index contributed by atoms with van der Waals surface area (Å²) < 4.78 is 0.715. The third-order valence-electron chi connectivity index (χ3n) is 2.36. The molecule has 2 aliphatic rings. The molecule has 0 saturated carbocycles. The zero-order valence-electron chi connectivity index (χ0n) is 7.83. The van der Waals surface area contributed by atoms with Gasteiger partial charge in [0.05, 0.1) is 11.3 Å². The van der Waals surface area contributed by atoms with Crippen molar-refractivity contribution in [3.05, 3.63) is 34.0 Å². The number of fused-ring (bicyclic) bond motifs is 1. The number of aliphatic carboxylic acids is 1. The first kappa shape index (κ1) is 10.2. The van der Waals surface area contributed by atoms with Gasteiger partial charge in [-0.25, -0.2) is 4.79 Å². The average Bonchev–Trinajstić information content (AvgIpc) is 2.19. The van der Waals surface area contributed by atoms with Gasteiger partial charge in [0.25, 0.3) is 0 Å². The van der Waals surface area contributed by atoms with Crippen LogP contribution in [-0.4, -0.2) is 28.4 Å². The van der Waals surface area contributed by atoms with Gasteiger partial charge in [-0.1, -0.05) is 12.2 Å². The molecule has 0 radical (unpaired) electrons. The van der Waals surface area contributed by atoms with E-state index in [0.717, 1.165) is 0 Å². The smallest absolute Gasteiger partial charge is 0.337 e. The number of allylic oxidation sites excluding steroid dienone is 2. The van der Waals surface area contributed by atoms with E-state index in [4.69, 9.17) is 10.5 Å². The van der Waals surface area contributed by atoms with Crippen LogP contribution in [0.3, 0.4) is 0 Å². The fraction of sp³-hybridized carbons (Fsp3) is 0.200. The van der Waals surface area contributed by atoms with Gasteiger partial charge in [-0.05, 0) is 22.0 Å². The topological polar surface area (TPSA) is 64.4 Å². The van der Waals surface area contributed by atoms with Crippen molar-refractivity contribution in [1.82, 2.24) is 4.90 Å². The SMILES string of the molecule is N=C1CC=C(C(=O)O)C2=C(Br)C=CCN12. The number of nitrogens with zero attached hydrogens (tertiary/aromatic N) is 1. The third kappa shape index (κ3) is 1.63. The minimum absolute atomic E-state index is 0.266. The Balaban J connectivity index is 2.55. The van der Waals surface area contributed by atoms with E-state index in [-0.39, 0.29) is 5.57 Å². The molecule has 2 aliphatic heterocycles. The summed E-state index contributed by atoms with van der Waals surface area (Å²) >= 11 is 3.32. The van der Waals surface area contributed by atoms with Crippen LogP contribution in [0.4, 0.5) is 0 Å². The molecule has 2 N–H and O–H groups in total. The van der Waals surface area contributed by atoms with E-state index >= 15 is 0 Å². The summed E-state index contributed by atoms with van der Waals surface area (Å²) in [5.41, 5.74) is 0.850. The number of halogens is 1. The van der Waals surface area contributed by atoms with Crippen molar-refractivity contribution < 1.29 is 9.90 Å². The van der Waals surface area contributed by atoms with E-state index in [2.05, 4.69) is 15.9 Å². The molecule has 0 aromatic carbocycles. The second kappa shape index (κ2) is 3.66. The summed E-state index contributed by atoms with van der Waals surface area (Å²) in [5.74, 6) is -0.522. The van der Waals surface area contributed by atoms with Gasteiger partial charge in [0.15, 0.2) is 0 Å². The van der Waals surface area contributed by atoms with Crippen molar-refractivity contribution in [3.63, 3.8) is 0 Å². The van der Waals surface area contributed by atoms with E-state index < -0.39 is 5.97 Å². The lowest BCUT2D eigenvalue weighted by molar-refractivity contribution is -0.132. The number of amidine groups is 1. The van der Waals surface area contributed by atoms with Gasteiger partial charge in [-0.2, -0.15) is 0 Å². The van der Waals surface area contributed by atoms with Crippen molar-refractivity contribution in [1.29, 1.82) is 5.41 Å². The zero-order valence-corrected chi connectivity index (χ0v) is 9.41. The molecule has 0 bridgehead atoms. The molecule has 0 saturated heterocycles. The highest BCUT2D eigenvalue weighted by Gasteiger charge is 2.29. The Morgan fingerprint density at radius 3 is 3.00 bits per heavy atom. The lowest BCUT2D eigenvalue weighted by Gasteiger charge is -2.32. The van der Waals surface area contributed by atoms with Crippen molar-refractivity contribution in [2.24, 2.45) is 0 Å². The Hall–Kier alpha value is -1.36. The number of hydrogen-bond acceptors (Lipinski definition) is 2. The number of nitrogens with one attached hydrogen (secondary N) is 1. The highest BCUT2D eigenvalue weighted by Crippen LogP contribution is 2.31. The second-order valence-electron chi connectivity index (χ2n) is 3.28. The first-order valence-electron chi connectivity index (χ1n) is 4.46. The monoisotopic (exact) mass is 268 g/mol. The summed E-state index contributed by atoms with van der Waals surface area (Å²) in [5, 5.41) is 16.8. The Labute approximate surface area is 95.2 Å². The van der Waals surface area contributed by atoms with Crippen molar-refractivity contribution in [3.8, 4) is 0 Å². The first-order chi connectivity index (χ1) is 7.11. The number of rotatable bonds is 1. The van der Waals surface area contributed by atoms with Crippen molar-refractivity contribution in [2.75, 3.05) is 6.54 Å². The van der Waals surface area contributed by atoms with E-state index in [1.165, 1.54) is 0 Å². The van der Waals surface area contributed by atoms with E-state index in [9.17, 15) is 4.79 Å². The molecular weight excluding hydrogens is 260 g/mol. The summed E-state index contributed by atoms with van der Waals surface area (Å²) in [6.07, 6.45) is 5.67. The maximum atomic E-state index is 11.0. The number of carboxylic acid groups (broad SMARTS) is 1. The van der Waals surface area contributed by atoms with E-state index in [1.54, 1.807) is 11.0 Å². The van der Waals surface area contributed by atoms with Crippen LogP contribution in [0.15, 0.2) is 34.0 Å². The van der Waals surface area contributed by atoms with Crippen molar-refractivity contribution in [2.45, 2.75) is 6.42 Å². The summed E-state index contributed by atoms with van der Waals surface area (Å²) in [6.45, 7) is 0.563. The molecule has 0 fully saturated rings. The number of hydrogen-bond donors (Lipinski definition) is 2. The summed E-state index contributed by atoms with van der Waals surface area (Å²) in [6, 6.07) is 0. The zero-order chi connectivity index (χ0) is 11.0. The third-order valence-corrected chi connectivity index (χ3v) is 3.00. The van der Waals surface area contributed by atoms with E-state index in [1.807, 2.05) is 12.2 Å². The molecule has 0 aliphatic carbocycles. The maximum Gasteiger partial charge on any atom is 0.337 e. The van der Waals surface area contributed by atoms with Crippen LogP contribution in [0, 0.1) is 5.41 Å². The number of carboxylic acids is 1. The minimum Gasteiger partial charge on any atom is -0.478 e. The van der Waals surface area contributed by atoms with Crippen molar-refractivity contribution >= 4 is 27.7 Å². The standard InChI is InChI=1S/C10H9BrN2O2/c11-7-2-1-5-13-8(12)4-3-6(9(7)13)10(14)15/h1-3,12H,4-5H2,(H,14,15). The average molecular weight is 269 g/mol. The molecule has 15 heavy (non-hydrogen) atoms. The van der Waals surface area contributed by atoms with Gasteiger partial charge in [0, 0.05) is 17.4 Å². The lowest BCUT2D eigenvalue weighted by atomic mass is 10.0. The fourth-order valence-corrected chi connectivity index (χ4v) is 2.29. The van der Waals surface area contributed by atoms with Crippen LogP contribution in [0.5, 0.6) is 0 Å². The molecule has 0 aromatic rings. The Bertz CT molecular complexity index is 435. The Kier molecular flexibility index (Phi) is 2.48. The van der Waals surface area contributed by atoms with Crippen LogP contribution >= 0.6 is 15.9 Å². The Morgan fingerprint density at radius 1 is 1.60 bits per heavy atom. The van der Waals surface area contributed by atoms with Gasteiger partial charge >= 0.3 is 5.97 Å². The van der Waals surface area contributed by atoms with Gasteiger partial charge in [0.1, 0.15) is 5.84 Å². The highest BCUT2D eigenvalue weighted by molar-refractivity contribution is 9.11. The summed E-state index contributed by atoms with van der Waals surface area (Å²) in [7, 11) is 0. The summed E-state index contributed by atoms with van der Waals surface area (Å²) in [4.78, 5) is 12.7. The second-order valence-corrected chi connectivity index (χ2v) is 4.14. The number of carbonyl (C=O) groups is 1. The predicted molar refractivity (Wildman–Crippen MR) is 59.9 cm³/mol. The lowest BCUT2D eigenvalue weighted by Crippen LogP contribution is -2.36. The molecule has 0 aromatic heterocycles. The minimum atomic E-state index is -0.949. The molecule has 78 valence electrons. The Morgan fingerprint density at radius 2 is 2.33 bits per heavy atom. The maximum absolute atomic E-state index is 11.0. The molecule has 0 amide bonds. The predicted octanol–water partition coefficient (Wildman–Crippen LogP) is 1.86. The molecule has 2 rings (SSSR count). The normalized spacial score (nSPS) is 20.2. The fourth-order valence-electron chi connectivity index (χ4n) is 1.67. The van der Waals surface area contributed by atoms with Crippen LogP contribution in [0.25, 0.3) is 0 Å². The molecular formula is C10H9BrN2O2. The molecule has 2 heterocycles. The van der Waals surface area contributed by atoms with Crippen LogP contribution in [-0.2, 0) is 4.79 Å². The molecule has 4 nitrogen and oxygen atoms in total. The van der Waals surface area contributed by atoms with Crippen LogP contribution in [0.2, 0.25) is 0 Å². The quantitative estimate of drug-likeness (QED) is 0.763. The van der Waals surface area contributed by atoms with Gasteiger partial charge in [-0.15, -0.1) is 0 Å². The molecule has 0 spiro atoms. The largest absolute Gasteiger partial charge is 0.478 e. The molecule has 0 atom stereocenters. The van der Waals surface area contributed by atoms with Gasteiger partial charge in [0.2, 0.25) is 0 Å². The van der Waals surface area contributed by atoms with Gasteiger partial charge < -0.3 is 10.0 Å².